The van der Waals surface area contributed by atoms with Gasteiger partial charge in [-0.25, -0.2) is 4.39 Å². The molecule has 0 aliphatic heterocycles. The summed E-state index contributed by atoms with van der Waals surface area (Å²) in [5.74, 6) is -0.491. The minimum absolute atomic E-state index is 0.0551. The van der Waals surface area contributed by atoms with Gasteiger partial charge in [-0.1, -0.05) is 42.1 Å². The van der Waals surface area contributed by atoms with E-state index in [-0.39, 0.29) is 18.3 Å². The fourth-order valence-electron chi connectivity index (χ4n) is 3.82. The fourth-order valence-corrected chi connectivity index (χ4v) is 3.82. The first-order valence-corrected chi connectivity index (χ1v) is 11.3. The van der Waals surface area contributed by atoms with Crippen LogP contribution in [-0.4, -0.2) is 53.4 Å². The molecule has 188 valence electrons. The quantitative estimate of drug-likeness (QED) is 0.360. The number of hydrogen-bond donors (Lipinski definition) is 1. The van der Waals surface area contributed by atoms with Crippen LogP contribution in [0.4, 0.5) is 4.39 Å². The van der Waals surface area contributed by atoms with Crippen molar-refractivity contribution in [2.75, 3.05) is 27.3 Å². The molecular formula is C28H30FN3O4. The van der Waals surface area contributed by atoms with Crippen LogP contribution in [0, 0.1) is 12.7 Å². The molecular weight excluding hydrogens is 461 g/mol. The van der Waals surface area contributed by atoms with Gasteiger partial charge in [0.1, 0.15) is 5.82 Å². The third kappa shape index (κ3) is 7.07. The minimum Gasteiger partial charge on any atom is -0.480 e. The van der Waals surface area contributed by atoms with E-state index in [1.165, 1.54) is 12.1 Å². The first-order valence-electron chi connectivity index (χ1n) is 11.3. The topological polar surface area (TPSA) is 88.7 Å². The molecule has 2 aromatic carbocycles. The number of carboxylic acid groups (broad SMARTS) is 1. The summed E-state index contributed by atoms with van der Waals surface area (Å²) in [7, 11) is 3.37. The van der Waals surface area contributed by atoms with E-state index in [1.807, 2.05) is 44.2 Å². The third-order valence-electron chi connectivity index (χ3n) is 5.49. The number of allylic oxidation sites excluding steroid dienone is 4. The van der Waals surface area contributed by atoms with Gasteiger partial charge in [0.25, 0.3) is 5.89 Å². The number of carbonyl (C=O) groups is 1. The van der Waals surface area contributed by atoms with Crippen molar-refractivity contribution in [3.63, 3.8) is 0 Å². The predicted molar refractivity (Wildman–Crippen MR) is 137 cm³/mol. The van der Waals surface area contributed by atoms with Crippen LogP contribution in [0.15, 0.2) is 71.3 Å². The van der Waals surface area contributed by atoms with E-state index in [0.717, 1.165) is 33.4 Å². The zero-order valence-electron chi connectivity index (χ0n) is 20.9. The molecule has 1 aromatic heterocycles. The smallest absolute Gasteiger partial charge is 0.317 e. The van der Waals surface area contributed by atoms with Gasteiger partial charge in [-0.2, -0.15) is 4.98 Å². The molecule has 0 atom stereocenters. The number of ether oxygens (including phenoxy) is 1. The van der Waals surface area contributed by atoms with Crippen molar-refractivity contribution in [2.45, 2.75) is 20.4 Å². The van der Waals surface area contributed by atoms with Gasteiger partial charge in [0.15, 0.2) is 0 Å². The largest absolute Gasteiger partial charge is 0.480 e. The molecule has 3 rings (SSSR count). The molecule has 0 unspecified atom stereocenters. The average Bonchev–Trinajstić information content (AvgIpc) is 3.30. The SMILES string of the molecule is C=C(C=CC(=C(C)COC)c1ccc(F)cc1C)c1nc(-c2cccc(CN(C)CC(=O)O)c2)no1. The lowest BCUT2D eigenvalue weighted by molar-refractivity contribution is -0.138. The highest BCUT2D eigenvalue weighted by Crippen LogP contribution is 2.27. The van der Waals surface area contributed by atoms with Gasteiger partial charge in [0, 0.05) is 24.8 Å². The van der Waals surface area contributed by atoms with Crippen molar-refractivity contribution >= 4 is 17.1 Å². The van der Waals surface area contributed by atoms with E-state index < -0.39 is 5.97 Å². The van der Waals surface area contributed by atoms with E-state index in [0.29, 0.717) is 24.5 Å². The maximum atomic E-state index is 13.6. The molecule has 1 heterocycles. The molecule has 0 radical (unpaired) electrons. The second-order valence-electron chi connectivity index (χ2n) is 8.63. The van der Waals surface area contributed by atoms with Crippen LogP contribution < -0.4 is 0 Å². The van der Waals surface area contributed by atoms with Crippen LogP contribution in [0.1, 0.15) is 29.5 Å². The number of nitrogens with zero attached hydrogens (tertiary/aromatic N) is 3. The molecule has 36 heavy (non-hydrogen) atoms. The lowest BCUT2D eigenvalue weighted by atomic mass is 9.95. The number of carboxylic acids is 1. The Kier molecular flexibility index (Phi) is 9.05. The van der Waals surface area contributed by atoms with Crippen molar-refractivity contribution in [3.05, 3.63) is 95.2 Å². The highest BCUT2D eigenvalue weighted by molar-refractivity contribution is 5.82. The summed E-state index contributed by atoms with van der Waals surface area (Å²) in [6.07, 6.45) is 3.67. The van der Waals surface area contributed by atoms with Crippen LogP contribution in [0.25, 0.3) is 22.5 Å². The van der Waals surface area contributed by atoms with Crippen LogP contribution in [0.2, 0.25) is 0 Å². The third-order valence-corrected chi connectivity index (χ3v) is 5.49. The molecule has 8 heteroatoms. The zero-order chi connectivity index (χ0) is 26.2. The number of aliphatic carboxylic acids is 1. The predicted octanol–water partition coefficient (Wildman–Crippen LogP) is 5.39. The number of methoxy groups -OCH3 is 1. The number of aromatic nitrogens is 2. The standard InChI is InChI=1S/C28H30FN3O4/c1-18(9-11-25(20(3)17-35-5)24-12-10-23(29)13-19(24)2)28-30-27(31-36-28)22-8-6-7-21(14-22)15-32(4)16-26(33)34/h6-14H,1,15-17H2,2-5H3,(H,33,34). The Bertz CT molecular complexity index is 1310. The van der Waals surface area contributed by atoms with Crippen LogP contribution in [-0.2, 0) is 16.1 Å². The van der Waals surface area contributed by atoms with Gasteiger partial charge in [0.2, 0.25) is 5.82 Å². The lowest BCUT2D eigenvalue weighted by Gasteiger charge is -2.14. The number of benzene rings is 2. The highest BCUT2D eigenvalue weighted by atomic mass is 19.1. The van der Waals surface area contributed by atoms with Crippen LogP contribution in [0.5, 0.6) is 0 Å². The van der Waals surface area contributed by atoms with E-state index >= 15 is 0 Å². The van der Waals surface area contributed by atoms with Crippen molar-refractivity contribution < 1.29 is 23.6 Å². The monoisotopic (exact) mass is 491 g/mol. The zero-order valence-corrected chi connectivity index (χ0v) is 20.9. The Balaban J connectivity index is 1.81. The maximum absolute atomic E-state index is 13.6. The Labute approximate surface area is 210 Å². The molecule has 0 bridgehead atoms. The summed E-state index contributed by atoms with van der Waals surface area (Å²) in [5, 5.41) is 13.0. The van der Waals surface area contributed by atoms with Gasteiger partial charge in [-0.3, -0.25) is 9.69 Å². The van der Waals surface area contributed by atoms with E-state index in [2.05, 4.69) is 16.7 Å². The number of aryl methyl sites for hydroxylation is 1. The summed E-state index contributed by atoms with van der Waals surface area (Å²) < 4.78 is 24.4. The average molecular weight is 492 g/mol. The molecule has 1 N–H and O–H groups in total. The number of halogens is 1. The number of likely N-dealkylation sites (N-methyl/N-ethyl adjacent to an activating group) is 1. The number of rotatable bonds is 11. The van der Waals surface area contributed by atoms with Gasteiger partial charge < -0.3 is 14.4 Å². The second kappa shape index (κ2) is 12.2. The van der Waals surface area contributed by atoms with E-state index in [4.69, 9.17) is 14.4 Å². The van der Waals surface area contributed by atoms with Crippen molar-refractivity contribution in [1.82, 2.24) is 15.0 Å². The van der Waals surface area contributed by atoms with Gasteiger partial charge in [-0.05, 0) is 73.0 Å². The molecule has 0 saturated carbocycles. The minimum atomic E-state index is -0.881. The Morgan fingerprint density at radius 1 is 1.25 bits per heavy atom. The summed E-state index contributed by atoms with van der Waals surface area (Å²) in [5.41, 5.74) is 5.78. The normalized spacial score (nSPS) is 12.3. The second-order valence-corrected chi connectivity index (χ2v) is 8.63. The van der Waals surface area contributed by atoms with E-state index in [9.17, 15) is 9.18 Å². The van der Waals surface area contributed by atoms with Crippen LogP contribution in [0.3, 0.4) is 0 Å². The first kappa shape index (κ1) is 26.7. The molecule has 0 spiro atoms. The van der Waals surface area contributed by atoms with Gasteiger partial charge in [0.05, 0.1) is 13.2 Å². The first-order chi connectivity index (χ1) is 17.2. The lowest BCUT2D eigenvalue weighted by Crippen LogP contribution is -2.25. The summed E-state index contributed by atoms with van der Waals surface area (Å²) in [6, 6.07) is 12.2. The Morgan fingerprint density at radius 2 is 2.03 bits per heavy atom. The van der Waals surface area contributed by atoms with Crippen molar-refractivity contribution in [2.24, 2.45) is 0 Å². The summed E-state index contributed by atoms with van der Waals surface area (Å²) in [6.45, 7) is 8.72. The maximum Gasteiger partial charge on any atom is 0.317 e. The van der Waals surface area contributed by atoms with Crippen molar-refractivity contribution in [3.8, 4) is 11.4 Å². The fraction of sp³-hybridized carbons (Fsp3) is 0.250. The van der Waals surface area contributed by atoms with E-state index in [1.54, 1.807) is 31.2 Å². The number of hydrogen-bond acceptors (Lipinski definition) is 6. The molecule has 0 fully saturated rings. The molecule has 3 aromatic rings. The molecule has 0 saturated heterocycles. The van der Waals surface area contributed by atoms with Gasteiger partial charge >= 0.3 is 5.97 Å². The highest BCUT2D eigenvalue weighted by Gasteiger charge is 2.13. The van der Waals surface area contributed by atoms with Gasteiger partial charge in [-0.15, -0.1) is 0 Å². The van der Waals surface area contributed by atoms with Crippen LogP contribution >= 0.6 is 0 Å². The Morgan fingerprint density at radius 3 is 2.72 bits per heavy atom. The molecule has 0 amide bonds. The Hall–Kier alpha value is -3.88. The summed E-state index contributed by atoms with van der Waals surface area (Å²) >= 11 is 0. The summed E-state index contributed by atoms with van der Waals surface area (Å²) in [4.78, 5) is 17.1. The molecule has 7 nitrogen and oxygen atoms in total. The molecule has 0 aliphatic rings. The molecule has 0 aliphatic carbocycles. The van der Waals surface area contributed by atoms with Crippen molar-refractivity contribution in [1.29, 1.82) is 0 Å².